The second-order valence-corrected chi connectivity index (χ2v) is 6.99. The van der Waals surface area contributed by atoms with Crippen molar-refractivity contribution in [3.63, 3.8) is 0 Å². The third-order valence-electron chi connectivity index (χ3n) is 4.27. The van der Waals surface area contributed by atoms with Gasteiger partial charge >= 0.3 is 0 Å². The van der Waals surface area contributed by atoms with E-state index in [1.165, 1.54) is 6.20 Å². The lowest BCUT2D eigenvalue weighted by Crippen LogP contribution is -2.13. The number of allylic oxidation sites excluding steroid dienone is 1. The Balaban J connectivity index is 1.66. The smallest absolute Gasteiger partial charge is 0.258 e. The van der Waals surface area contributed by atoms with Crippen molar-refractivity contribution in [1.82, 2.24) is 14.8 Å². The molecule has 27 heavy (non-hydrogen) atoms. The van der Waals surface area contributed by atoms with Crippen molar-refractivity contribution >= 4 is 51.5 Å². The molecule has 3 aromatic rings. The van der Waals surface area contributed by atoms with Crippen molar-refractivity contribution < 1.29 is 4.79 Å². The minimum Gasteiger partial charge on any atom is -0.322 e. The number of nitrogens with zero attached hydrogens (tertiary/aromatic N) is 4. The number of halogens is 2. The van der Waals surface area contributed by atoms with Gasteiger partial charge in [-0.3, -0.25) is 9.79 Å². The molecule has 136 valence electrons. The molecule has 1 aliphatic rings. The van der Waals surface area contributed by atoms with E-state index in [1.807, 2.05) is 13.0 Å². The first-order chi connectivity index (χ1) is 13.0. The monoisotopic (exact) mass is 399 g/mol. The fraction of sp³-hybridized carbons (Fsp3) is 0.158. The normalized spacial score (nSPS) is 13.2. The maximum absolute atomic E-state index is 12.6. The lowest BCUT2D eigenvalue weighted by molar-refractivity contribution is 0.102. The molecular formula is C19H15Cl2N5O. The molecule has 1 aromatic carbocycles. The zero-order chi connectivity index (χ0) is 19.0. The second kappa shape index (κ2) is 7.13. The zero-order valence-electron chi connectivity index (χ0n) is 14.4. The number of carbonyl (C=O) groups excluding carboxylic acids is 1. The highest BCUT2D eigenvalue weighted by Crippen LogP contribution is 2.29. The summed E-state index contributed by atoms with van der Waals surface area (Å²) in [6.45, 7) is 2.39. The summed E-state index contributed by atoms with van der Waals surface area (Å²) in [5, 5.41) is 8.93. The molecule has 0 bridgehead atoms. The Hall–Kier alpha value is -2.70. The van der Waals surface area contributed by atoms with E-state index in [4.69, 9.17) is 23.2 Å². The summed E-state index contributed by atoms with van der Waals surface area (Å²) in [5.74, 6) is -0.340. The number of anilines is 1. The van der Waals surface area contributed by atoms with Gasteiger partial charge in [-0.25, -0.2) is 9.67 Å². The number of hydrogen-bond donors (Lipinski definition) is 1. The summed E-state index contributed by atoms with van der Waals surface area (Å²) in [7, 11) is 0. The van der Waals surface area contributed by atoms with Gasteiger partial charge in [0, 0.05) is 35.2 Å². The van der Waals surface area contributed by atoms with E-state index in [2.05, 4.69) is 20.4 Å². The van der Waals surface area contributed by atoms with Crippen LogP contribution in [0.4, 0.5) is 5.69 Å². The number of nitrogens with one attached hydrogen (secondary N) is 1. The zero-order valence-corrected chi connectivity index (χ0v) is 15.9. The number of carbonyl (C=O) groups is 1. The third-order valence-corrected chi connectivity index (χ3v) is 4.91. The SMILES string of the molecule is Cc1nn(CC2=NC=CC2)c2ncc(C(=O)Nc3ccc(Cl)cc3)c(Cl)c12. The summed E-state index contributed by atoms with van der Waals surface area (Å²) in [6.07, 6.45) is 6.05. The Kier molecular flexibility index (Phi) is 4.68. The summed E-state index contributed by atoms with van der Waals surface area (Å²) in [4.78, 5) is 21.4. The van der Waals surface area contributed by atoms with Crippen molar-refractivity contribution in [3.05, 3.63) is 64.0 Å². The Morgan fingerprint density at radius 1 is 1.26 bits per heavy atom. The first-order valence-corrected chi connectivity index (χ1v) is 9.07. The predicted octanol–water partition coefficient (Wildman–Crippen LogP) is 4.66. The fourth-order valence-electron chi connectivity index (χ4n) is 2.95. The van der Waals surface area contributed by atoms with E-state index in [-0.39, 0.29) is 5.91 Å². The van der Waals surface area contributed by atoms with Gasteiger partial charge in [-0.05, 0) is 31.2 Å². The molecule has 0 unspecified atom stereocenters. The molecule has 0 saturated carbocycles. The molecule has 1 aliphatic heterocycles. The maximum Gasteiger partial charge on any atom is 0.258 e. The van der Waals surface area contributed by atoms with Gasteiger partial charge < -0.3 is 5.32 Å². The van der Waals surface area contributed by atoms with Crippen LogP contribution in [0.5, 0.6) is 0 Å². The van der Waals surface area contributed by atoms with Crippen LogP contribution in [0.2, 0.25) is 10.0 Å². The Morgan fingerprint density at radius 2 is 2.04 bits per heavy atom. The molecule has 1 amide bonds. The average Bonchev–Trinajstić information content (AvgIpc) is 3.26. The number of fused-ring (bicyclic) bond motifs is 1. The summed E-state index contributed by atoms with van der Waals surface area (Å²) in [5.41, 5.74) is 3.27. The van der Waals surface area contributed by atoms with Crippen LogP contribution >= 0.6 is 23.2 Å². The highest BCUT2D eigenvalue weighted by Gasteiger charge is 2.20. The van der Waals surface area contributed by atoms with Crippen LogP contribution in [0, 0.1) is 6.92 Å². The van der Waals surface area contributed by atoms with Crippen LogP contribution in [0.25, 0.3) is 11.0 Å². The minimum atomic E-state index is -0.340. The van der Waals surface area contributed by atoms with Crippen LogP contribution in [0.1, 0.15) is 22.5 Å². The number of aryl methyl sites for hydroxylation is 1. The van der Waals surface area contributed by atoms with Crippen LogP contribution < -0.4 is 5.32 Å². The first-order valence-electron chi connectivity index (χ1n) is 8.32. The molecule has 8 heteroatoms. The van der Waals surface area contributed by atoms with Gasteiger partial charge in [0.15, 0.2) is 5.65 Å². The molecule has 0 radical (unpaired) electrons. The van der Waals surface area contributed by atoms with Crippen LogP contribution in [-0.2, 0) is 6.54 Å². The van der Waals surface area contributed by atoms with Crippen LogP contribution in [0.15, 0.2) is 47.7 Å². The van der Waals surface area contributed by atoms with Crippen LogP contribution in [-0.4, -0.2) is 26.4 Å². The second-order valence-electron chi connectivity index (χ2n) is 6.17. The highest BCUT2D eigenvalue weighted by molar-refractivity contribution is 6.39. The average molecular weight is 400 g/mol. The number of rotatable bonds is 4. The molecule has 0 saturated heterocycles. The van der Waals surface area contributed by atoms with E-state index >= 15 is 0 Å². The van der Waals surface area contributed by atoms with Crippen molar-refractivity contribution in [2.45, 2.75) is 19.9 Å². The molecule has 3 heterocycles. The van der Waals surface area contributed by atoms with Crippen molar-refractivity contribution in [2.75, 3.05) is 5.32 Å². The quantitative estimate of drug-likeness (QED) is 0.693. The number of amides is 1. The Bertz CT molecular complexity index is 1100. The van der Waals surface area contributed by atoms with E-state index < -0.39 is 0 Å². The lowest BCUT2D eigenvalue weighted by Gasteiger charge is -2.08. The highest BCUT2D eigenvalue weighted by atomic mass is 35.5. The molecule has 6 nitrogen and oxygen atoms in total. The standard InChI is InChI=1S/C19H15Cl2N5O/c1-11-16-17(21)15(19(27)24-13-6-4-12(20)5-7-13)9-23-18(16)26(25-11)10-14-3-2-8-22-14/h2,4-9H,3,10H2,1H3,(H,24,27). The molecule has 4 rings (SSSR count). The van der Waals surface area contributed by atoms with Gasteiger partial charge in [-0.15, -0.1) is 0 Å². The number of hydrogen-bond acceptors (Lipinski definition) is 4. The number of aliphatic imine (C=N–C) groups is 1. The first kappa shape index (κ1) is 17.7. The van der Waals surface area contributed by atoms with Gasteiger partial charge in [-0.1, -0.05) is 29.3 Å². The van der Waals surface area contributed by atoms with Gasteiger partial charge in [0.25, 0.3) is 5.91 Å². The van der Waals surface area contributed by atoms with E-state index in [0.717, 1.165) is 17.8 Å². The van der Waals surface area contributed by atoms with Crippen molar-refractivity contribution in [3.8, 4) is 0 Å². The van der Waals surface area contributed by atoms with Crippen molar-refractivity contribution in [1.29, 1.82) is 0 Å². The molecule has 0 atom stereocenters. The largest absolute Gasteiger partial charge is 0.322 e. The molecule has 0 fully saturated rings. The number of aromatic nitrogens is 3. The van der Waals surface area contributed by atoms with Gasteiger partial charge in [0.2, 0.25) is 0 Å². The third kappa shape index (κ3) is 3.46. The molecule has 2 aromatic heterocycles. The van der Waals surface area contributed by atoms with Gasteiger partial charge in [0.1, 0.15) is 0 Å². The van der Waals surface area contributed by atoms with E-state index in [1.54, 1.807) is 35.1 Å². The topological polar surface area (TPSA) is 72.2 Å². The number of pyridine rings is 1. The van der Waals surface area contributed by atoms with Crippen molar-refractivity contribution in [2.24, 2.45) is 4.99 Å². The lowest BCUT2D eigenvalue weighted by atomic mass is 10.2. The Labute approximate surface area is 165 Å². The summed E-state index contributed by atoms with van der Waals surface area (Å²) < 4.78 is 1.77. The van der Waals surface area contributed by atoms with Crippen LogP contribution in [0.3, 0.4) is 0 Å². The Morgan fingerprint density at radius 3 is 2.74 bits per heavy atom. The summed E-state index contributed by atoms with van der Waals surface area (Å²) >= 11 is 12.4. The molecule has 0 aliphatic carbocycles. The van der Waals surface area contributed by atoms with E-state index in [9.17, 15) is 4.79 Å². The summed E-state index contributed by atoms with van der Waals surface area (Å²) in [6, 6.07) is 6.85. The molecular weight excluding hydrogens is 385 g/mol. The number of benzene rings is 1. The predicted molar refractivity (Wildman–Crippen MR) is 108 cm³/mol. The minimum absolute atomic E-state index is 0.293. The van der Waals surface area contributed by atoms with E-state index in [0.29, 0.717) is 38.9 Å². The molecule has 1 N–H and O–H groups in total. The van der Waals surface area contributed by atoms with Gasteiger partial charge in [-0.2, -0.15) is 5.10 Å². The molecule has 0 spiro atoms. The maximum atomic E-state index is 12.6. The van der Waals surface area contributed by atoms with Gasteiger partial charge in [0.05, 0.1) is 28.2 Å². The fourth-order valence-corrected chi connectivity index (χ4v) is 3.43.